The van der Waals surface area contributed by atoms with E-state index in [1.165, 1.54) is 6.07 Å². The van der Waals surface area contributed by atoms with E-state index in [9.17, 15) is 14.0 Å². The number of pyridine rings is 1. The van der Waals surface area contributed by atoms with Gasteiger partial charge in [-0.25, -0.2) is 4.39 Å². The molecule has 1 N–H and O–H groups in total. The number of nitrogens with one attached hydrogen (secondary N) is 1. The number of aryl methyl sites for hydroxylation is 1. The average Bonchev–Trinajstić information content (AvgIpc) is 3.13. The SMILES string of the molecule is Cn1cc2c(n1)[C@@H](C(=O)NCc1ccccn1)CN(C(=O)Cc1ccccc1F)C2. The van der Waals surface area contributed by atoms with Gasteiger partial charge in [0.15, 0.2) is 0 Å². The second-order valence-electron chi connectivity index (χ2n) is 7.35. The smallest absolute Gasteiger partial charge is 0.231 e. The van der Waals surface area contributed by atoms with E-state index < -0.39 is 11.7 Å². The number of rotatable bonds is 5. The van der Waals surface area contributed by atoms with Gasteiger partial charge in [0.25, 0.3) is 0 Å². The lowest BCUT2D eigenvalue weighted by Crippen LogP contribution is -2.44. The van der Waals surface area contributed by atoms with Crippen molar-refractivity contribution >= 4 is 11.8 Å². The third-order valence-corrected chi connectivity index (χ3v) is 5.17. The molecular weight excluding hydrogens is 385 g/mol. The van der Waals surface area contributed by atoms with Gasteiger partial charge in [0.05, 0.1) is 30.3 Å². The Hall–Kier alpha value is -3.55. The first-order valence-electron chi connectivity index (χ1n) is 9.72. The quantitative estimate of drug-likeness (QED) is 0.701. The molecule has 2 amide bonds. The number of hydrogen-bond donors (Lipinski definition) is 1. The lowest BCUT2D eigenvalue weighted by molar-refractivity contribution is -0.133. The summed E-state index contributed by atoms with van der Waals surface area (Å²) < 4.78 is 15.6. The zero-order valence-electron chi connectivity index (χ0n) is 16.6. The normalized spacial score (nSPS) is 15.5. The summed E-state index contributed by atoms with van der Waals surface area (Å²) in [6.07, 6.45) is 3.43. The van der Waals surface area contributed by atoms with Crippen molar-refractivity contribution in [3.8, 4) is 0 Å². The predicted octanol–water partition coefficient (Wildman–Crippen LogP) is 1.94. The molecule has 0 saturated carbocycles. The number of carbonyl (C=O) groups is 2. The fourth-order valence-electron chi connectivity index (χ4n) is 3.66. The minimum absolute atomic E-state index is 0.0510. The summed E-state index contributed by atoms with van der Waals surface area (Å²) >= 11 is 0. The van der Waals surface area contributed by atoms with Crippen LogP contribution < -0.4 is 5.32 Å². The molecule has 1 aliphatic rings. The van der Waals surface area contributed by atoms with Gasteiger partial charge in [0.1, 0.15) is 5.82 Å². The van der Waals surface area contributed by atoms with Crippen molar-refractivity contribution in [2.45, 2.75) is 25.4 Å². The molecule has 0 unspecified atom stereocenters. The molecule has 0 spiro atoms. The number of benzene rings is 1. The molecule has 2 aromatic heterocycles. The fourth-order valence-corrected chi connectivity index (χ4v) is 3.66. The maximum Gasteiger partial charge on any atom is 0.231 e. The van der Waals surface area contributed by atoms with Gasteiger partial charge < -0.3 is 10.2 Å². The number of hydrogen-bond acceptors (Lipinski definition) is 4. The van der Waals surface area contributed by atoms with Crippen LogP contribution in [0.3, 0.4) is 0 Å². The standard InChI is InChI=1S/C22H22FN5O2/c1-27-12-16-13-28(20(29)10-15-6-2-3-8-19(15)23)14-18(21(16)26-27)22(30)25-11-17-7-4-5-9-24-17/h2-9,12,18H,10-11,13-14H2,1H3,(H,25,30)/t18-/m0/s1. The van der Waals surface area contributed by atoms with Crippen molar-refractivity contribution < 1.29 is 14.0 Å². The number of fused-ring (bicyclic) bond motifs is 1. The van der Waals surface area contributed by atoms with Crippen LogP contribution in [0.1, 0.15) is 28.4 Å². The molecule has 3 heterocycles. The summed E-state index contributed by atoms with van der Waals surface area (Å²) in [6.45, 7) is 0.841. The summed E-state index contributed by atoms with van der Waals surface area (Å²) in [5, 5.41) is 7.33. The number of aromatic nitrogens is 3. The predicted molar refractivity (Wildman–Crippen MR) is 108 cm³/mol. The molecule has 7 nitrogen and oxygen atoms in total. The summed E-state index contributed by atoms with van der Waals surface area (Å²) in [7, 11) is 1.78. The number of carbonyl (C=O) groups excluding carboxylic acids is 2. The Kier molecular flexibility index (Phi) is 5.56. The molecule has 0 saturated heterocycles. The number of amides is 2. The van der Waals surface area contributed by atoms with Crippen molar-refractivity contribution in [2.24, 2.45) is 7.05 Å². The van der Waals surface area contributed by atoms with Gasteiger partial charge >= 0.3 is 0 Å². The highest BCUT2D eigenvalue weighted by Gasteiger charge is 2.35. The molecule has 0 aliphatic carbocycles. The van der Waals surface area contributed by atoms with Crippen molar-refractivity contribution in [3.05, 3.63) is 83.2 Å². The van der Waals surface area contributed by atoms with Crippen molar-refractivity contribution in [1.82, 2.24) is 25.0 Å². The van der Waals surface area contributed by atoms with E-state index in [0.29, 0.717) is 24.3 Å². The van der Waals surface area contributed by atoms with Crippen LogP contribution in [-0.4, -0.2) is 38.0 Å². The van der Waals surface area contributed by atoms with Crippen LogP contribution in [0, 0.1) is 5.82 Å². The second kappa shape index (κ2) is 8.44. The summed E-state index contributed by atoms with van der Waals surface area (Å²) in [6, 6.07) is 11.7. The van der Waals surface area contributed by atoms with Crippen LogP contribution >= 0.6 is 0 Å². The molecule has 1 atom stereocenters. The Morgan fingerprint density at radius 3 is 2.77 bits per heavy atom. The van der Waals surface area contributed by atoms with E-state index in [2.05, 4.69) is 15.4 Å². The van der Waals surface area contributed by atoms with Gasteiger partial charge in [-0.2, -0.15) is 5.10 Å². The highest BCUT2D eigenvalue weighted by atomic mass is 19.1. The number of nitrogens with zero attached hydrogens (tertiary/aromatic N) is 4. The van der Waals surface area contributed by atoms with Gasteiger partial charge in [0, 0.05) is 38.1 Å². The molecule has 0 fully saturated rings. The fraction of sp³-hybridized carbons (Fsp3) is 0.273. The first kappa shape index (κ1) is 19.8. The molecule has 0 radical (unpaired) electrons. The largest absolute Gasteiger partial charge is 0.350 e. The molecule has 1 aliphatic heterocycles. The van der Waals surface area contributed by atoms with Crippen molar-refractivity contribution in [1.29, 1.82) is 0 Å². The van der Waals surface area contributed by atoms with Crippen LogP contribution in [0.2, 0.25) is 0 Å². The van der Waals surface area contributed by atoms with E-state index in [4.69, 9.17) is 0 Å². The first-order valence-corrected chi connectivity index (χ1v) is 9.72. The van der Waals surface area contributed by atoms with Gasteiger partial charge in [0.2, 0.25) is 11.8 Å². The highest BCUT2D eigenvalue weighted by Crippen LogP contribution is 2.28. The molecule has 8 heteroatoms. The topological polar surface area (TPSA) is 80.1 Å². The summed E-state index contributed by atoms with van der Waals surface area (Å²) in [4.78, 5) is 31.6. The minimum Gasteiger partial charge on any atom is -0.350 e. The average molecular weight is 407 g/mol. The maximum atomic E-state index is 14.0. The van der Waals surface area contributed by atoms with Crippen LogP contribution in [0.25, 0.3) is 0 Å². The molecule has 30 heavy (non-hydrogen) atoms. The molecule has 3 aromatic rings. The molecule has 1 aromatic carbocycles. The van der Waals surface area contributed by atoms with Crippen LogP contribution in [0.15, 0.2) is 54.9 Å². The minimum atomic E-state index is -0.594. The maximum absolute atomic E-state index is 14.0. The Morgan fingerprint density at radius 2 is 2.00 bits per heavy atom. The van der Waals surface area contributed by atoms with Gasteiger partial charge in [-0.1, -0.05) is 24.3 Å². The zero-order valence-corrected chi connectivity index (χ0v) is 16.6. The third kappa shape index (κ3) is 4.22. The zero-order chi connectivity index (χ0) is 21.1. The molecular formula is C22H22FN5O2. The first-order chi connectivity index (χ1) is 14.5. The van der Waals surface area contributed by atoms with Gasteiger partial charge in [-0.15, -0.1) is 0 Å². The Labute approximate surface area is 173 Å². The van der Waals surface area contributed by atoms with Gasteiger partial charge in [-0.05, 0) is 23.8 Å². The van der Waals surface area contributed by atoms with E-state index in [1.54, 1.807) is 41.0 Å². The second-order valence-corrected chi connectivity index (χ2v) is 7.35. The van der Waals surface area contributed by atoms with E-state index in [0.717, 1.165) is 11.3 Å². The summed E-state index contributed by atoms with van der Waals surface area (Å²) in [5.74, 6) is -1.45. The molecule has 4 rings (SSSR count). The summed E-state index contributed by atoms with van der Waals surface area (Å²) in [5.41, 5.74) is 2.58. The highest BCUT2D eigenvalue weighted by molar-refractivity contribution is 5.86. The van der Waals surface area contributed by atoms with Crippen LogP contribution in [-0.2, 0) is 36.1 Å². The van der Waals surface area contributed by atoms with E-state index >= 15 is 0 Å². The lowest BCUT2D eigenvalue weighted by atomic mass is 9.95. The molecule has 154 valence electrons. The lowest BCUT2D eigenvalue weighted by Gasteiger charge is -2.31. The van der Waals surface area contributed by atoms with Crippen molar-refractivity contribution in [3.63, 3.8) is 0 Å². The Bertz CT molecular complexity index is 1070. The Morgan fingerprint density at radius 1 is 1.20 bits per heavy atom. The third-order valence-electron chi connectivity index (χ3n) is 5.17. The Balaban J connectivity index is 1.51. The number of halogens is 1. The van der Waals surface area contributed by atoms with Crippen LogP contribution in [0.5, 0.6) is 0 Å². The van der Waals surface area contributed by atoms with E-state index in [-0.39, 0.29) is 24.8 Å². The van der Waals surface area contributed by atoms with Crippen LogP contribution in [0.4, 0.5) is 4.39 Å². The van der Waals surface area contributed by atoms with Gasteiger partial charge in [-0.3, -0.25) is 19.3 Å². The van der Waals surface area contributed by atoms with E-state index in [1.807, 2.05) is 24.4 Å². The molecule has 0 bridgehead atoms. The monoisotopic (exact) mass is 407 g/mol. The van der Waals surface area contributed by atoms with Crippen molar-refractivity contribution in [2.75, 3.05) is 6.54 Å².